The Hall–Kier alpha value is -1.66. The lowest BCUT2D eigenvalue weighted by molar-refractivity contribution is -0.134. The number of likely N-dealkylation sites (tertiary alicyclic amines) is 1. The predicted octanol–water partition coefficient (Wildman–Crippen LogP) is 2.24. The normalized spacial score (nSPS) is 17.9. The summed E-state index contributed by atoms with van der Waals surface area (Å²) in [4.78, 5) is 25.9. The van der Waals surface area contributed by atoms with Crippen LogP contribution in [0.25, 0.3) is 0 Å². The first-order valence-corrected chi connectivity index (χ1v) is 8.02. The van der Waals surface area contributed by atoms with Gasteiger partial charge in [0.2, 0.25) is 5.91 Å². The van der Waals surface area contributed by atoms with Crippen LogP contribution >= 0.6 is 11.6 Å². The molecule has 2 amide bonds. The number of hydrogen-bond donors (Lipinski definition) is 1. The van der Waals surface area contributed by atoms with Gasteiger partial charge in [-0.25, -0.2) is 4.39 Å². The zero-order chi connectivity index (χ0) is 16.8. The molecule has 5 nitrogen and oxygen atoms in total. The van der Waals surface area contributed by atoms with Crippen LogP contribution in [0.4, 0.5) is 4.39 Å². The van der Waals surface area contributed by atoms with Gasteiger partial charge in [-0.1, -0.05) is 17.7 Å². The second-order valence-electron chi connectivity index (χ2n) is 5.34. The standard InChI is InChI=1S/C16H20ClFN2O3/c1-2-23-11-5-4-8-20(10-11)14(21)9-19-16(22)15-12(17)6-3-7-13(15)18/h3,6-7,11H,2,4-5,8-10H2,1H3,(H,19,22)/t11-/m1/s1. The van der Waals surface area contributed by atoms with Gasteiger partial charge in [0.15, 0.2) is 0 Å². The van der Waals surface area contributed by atoms with Crippen LogP contribution in [0.3, 0.4) is 0 Å². The second-order valence-corrected chi connectivity index (χ2v) is 5.75. The van der Waals surface area contributed by atoms with Crippen molar-refractivity contribution in [1.29, 1.82) is 0 Å². The molecule has 0 radical (unpaired) electrons. The molecule has 0 spiro atoms. The highest BCUT2D eigenvalue weighted by Crippen LogP contribution is 2.18. The summed E-state index contributed by atoms with van der Waals surface area (Å²) in [6, 6.07) is 4.00. The number of piperidine rings is 1. The van der Waals surface area contributed by atoms with Crippen LogP contribution in [0.5, 0.6) is 0 Å². The van der Waals surface area contributed by atoms with Crippen molar-refractivity contribution in [3.8, 4) is 0 Å². The molecule has 126 valence electrons. The summed E-state index contributed by atoms with van der Waals surface area (Å²) < 4.78 is 19.2. The molecule has 0 aromatic heterocycles. The molecular formula is C16H20ClFN2O3. The third-order valence-corrected chi connectivity index (χ3v) is 4.04. The molecule has 1 aliphatic rings. The molecule has 23 heavy (non-hydrogen) atoms. The number of ether oxygens (including phenoxy) is 1. The molecule has 0 unspecified atom stereocenters. The zero-order valence-electron chi connectivity index (χ0n) is 13.0. The minimum atomic E-state index is -0.711. The SMILES string of the molecule is CCO[C@@H]1CCCN(C(=O)CNC(=O)c2c(F)cccc2Cl)C1. The number of nitrogens with one attached hydrogen (secondary N) is 1. The second kappa shape index (κ2) is 8.26. The molecule has 0 saturated carbocycles. The van der Waals surface area contributed by atoms with E-state index in [9.17, 15) is 14.0 Å². The summed E-state index contributed by atoms with van der Waals surface area (Å²) in [5.74, 6) is -1.62. The van der Waals surface area contributed by atoms with E-state index in [1.165, 1.54) is 12.1 Å². The molecular weight excluding hydrogens is 323 g/mol. The van der Waals surface area contributed by atoms with Crippen molar-refractivity contribution >= 4 is 23.4 Å². The van der Waals surface area contributed by atoms with E-state index in [2.05, 4.69) is 5.32 Å². The Morgan fingerprint density at radius 3 is 2.96 bits per heavy atom. The van der Waals surface area contributed by atoms with Crippen LogP contribution in [-0.2, 0) is 9.53 Å². The lowest BCUT2D eigenvalue weighted by Gasteiger charge is -2.32. The number of nitrogens with zero attached hydrogens (tertiary/aromatic N) is 1. The molecule has 1 saturated heterocycles. The average Bonchev–Trinajstić information content (AvgIpc) is 2.53. The van der Waals surface area contributed by atoms with E-state index < -0.39 is 11.7 Å². The van der Waals surface area contributed by atoms with Gasteiger partial charge in [0.05, 0.1) is 23.2 Å². The Labute approximate surface area is 139 Å². The van der Waals surface area contributed by atoms with Crippen LogP contribution in [0, 0.1) is 5.82 Å². The van der Waals surface area contributed by atoms with Gasteiger partial charge in [0, 0.05) is 19.7 Å². The largest absolute Gasteiger partial charge is 0.377 e. The number of carbonyl (C=O) groups is 2. The highest BCUT2D eigenvalue weighted by atomic mass is 35.5. The summed E-state index contributed by atoms with van der Waals surface area (Å²) in [6.07, 6.45) is 1.83. The molecule has 2 rings (SSSR count). The zero-order valence-corrected chi connectivity index (χ0v) is 13.7. The predicted molar refractivity (Wildman–Crippen MR) is 85.0 cm³/mol. The van der Waals surface area contributed by atoms with E-state index in [0.717, 1.165) is 18.9 Å². The highest BCUT2D eigenvalue weighted by Gasteiger charge is 2.24. The van der Waals surface area contributed by atoms with Crippen LogP contribution in [0.2, 0.25) is 5.02 Å². The maximum absolute atomic E-state index is 13.7. The van der Waals surface area contributed by atoms with Gasteiger partial charge in [-0.3, -0.25) is 9.59 Å². The Kier molecular flexibility index (Phi) is 6.36. The maximum atomic E-state index is 13.7. The smallest absolute Gasteiger partial charge is 0.256 e. The van der Waals surface area contributed by atoms with Crippen molar-refractivity contribution < 1.29 is 18.7 Å². The van der Waals surface area contributed by atoms with Crippen molar-refractivity contribution in [2.45, 2.75) is 25.9 Å². The number of amides is 2. The third-order valence-electron chi connectivity index (χ3n) is 3.72. The Bertz CT molecular complexity index is 560. The van der Waals surface area contributed by atoms with Crippen LogP contribution in [-0.4, -0.2) is 49.1 Å². The van der Waals surface area contributed by atoms with Crippen LogP contribution in [0.15, 0.2) is 18.2 Å². The average molecular weight is 343 g/mol. The minimum absolute atomic E-state index is 0.0179. The Morgan fingerprint density at radius 2 is 2.26 bits per heavy atom. The van der Waals surface area contributed by atoms with Crippen LogP contribution in [0.1, 0.15) is 30.1 Å². The first-order valence-electron chi connectivity index (χ1n) is 7.64. The number of hydrogen-bond acceptors (Lipinski definition) is 3. The van der Waals surface area contributed by atoms with Gasteiger partial charge in [-0.15, -0.1) is 0 Å². The van der Waals surface area contributed by atoms with Crippen molar-refractivity contribution in [3.63, 3.8) is 0 Å². The summed E-state index contributed by atoms with van der Waals surface area (Å²) in [6.45, 7) is 3.48. The Balaban J connectivity index is 1.90. The third kappa shape index (κ3) is 4.65. The molecule has 1 aromatic rings. The number of halogens is 2. The quantitative estimate of drug-likeness (QED) is 0.892. The first-order chi connectivity index (χ1) is 11.0. The lowest BCUT2D eigenvalue weighted by Crippen LogP contribution is -2.47. The fourth-order valence-electron chi connectivity index (χ4n) is 2.61. The molecule has 1 heterocycles. The summed E-state index contributed by atoms with van der Waals surface area (Å²) in [7, 11) is 0. The molecule has 1 aromatic carbocycles. The van der Waals surface area contributed by atoms with Crippen LogP contribution < -0.4 is 5.32 Å². The maximum Gasteiger partial charge on any atom is 0.256 e. The van der Waals surface area contributed by atoms with Crippen molar-refractivity contribution in [2.24, 2.45) is 0 Å². The lowest BCUT2D eigenvalue weighted by atomic mass is 10.1. The Morgan fingerprint density at radius 1 is 1.48 bits per heavy atom. The molecule has 0 aliphatic carbocycles. The van der Waals surface area contributed by atoms with Gasteiger partial charge in [0.25, 0.3) is 5.91 Å². The van der Waals surface area contributed by atoms with E-state index >= 15 is 0 Å². The van der Waals surface area contributed by atoms with Gasteiger partial charge < -0.3 is 15.0 Å². The van der Waals surface area contributed by atoms with Gasteiger partial charge >= 0.3 is 0 Å². The molecule has 1 aliphatic heterocycles. The number of carbonyl (C=O) groups excluding carboxylic acids is 2. The molecule has 1 atom stereocenters. The fraction of sp³-hybridized carbons (Fsp3) is 0.500. The topological polar surface area (TPSA) is 58.6 Å². The number of benzene rings is 1. The van der Waals surface area contributed by atoms with E-state index in [0.29, 0.717) is 19.7 Å². The van der Waals surface area contributed by atoms with Gasteiger partial charge in [-0.2, -0.15) is 0 Å². The van der Waals surface area contributed by atoms with Crippen molar-refractivity contribution in [3.05, 3.63) is 34.6 Å². The van der Waals surface area contributed by atoms with Crippen molar-refractivity contribution in [2.75, 3.05) is 26.2 Å². The van der Waals surface area contributed by atoms with E-state index in [1.807, 2.05) is 6.92 Å². The summed E-state index contributed by atoms with van der Waals surface area (Å²) in [5.41, 5.74) is -0.243. The molecule has 1 N–H and O–H groups in total. The van der Waals surface area contributed by atoms with E-state index in [1.54, 1.807) is 4.90 Å². The highest BCUT2D eigenvalue weighted by molar-refractivity contribution is 6.33. The van der Waals surface area contributed by atoms with Crippen molar-refractivity contribution in [1.82, 2.24) is 10.2 Å². The van der Waals surface area contributed by atoms with Gasteiger partial charge in [-0.05, 0) is 31.9 Å². The summed E-state index contributed by atoms with van der Waals surface area (Å²) in [5, 5.41) is 2.45. The minimum Gasteiger partial charge on any atom is -0.377 e. The van der Waals surface area contributed by atoms with Gasteiger partial charge in [0.1, 0.15) is 5.82 Å². The summed E-state index contributed by atoms with van der Waals surface area (Å²) >= 11 is 5.83. The number of rotatable bonds is 5. The molecule has 0 bridgehead atoms. The van der Waals surface area contributed by atoms with E-state index in [-0.39, 0.29) is 29.1 Å². The fourth-order valence-corrected chi connectivity index (χ4v) is 2.86. The monoisotopic (exact) mass is 342 g/mol. The van der Waals surface area contributed by atoms with E-state index in [4.69, 9.17) is 16.3 Å². The molecule has 7 heteroatoms. The first kappa shape index (κ1) is 17.7. The molecule has 1 fully saturated rings.